The maximum atomic E-state index is 9.44. The number of aliphatic carboxylic acids is 2. The summed E-state index contributed by atoms with van der Waals surface area (Å²) in [7, 11) is 0. The molecule has 0 saturated heterocycles. The Kier molecular flexibility index (Phi) is 20.6. The molecule has 7 heteroatoms. The van der Waals surface area contributed by atoms with Gasteiger partial charge in [0.05, 0.1) is 13.0 Å². The van der Waals surface area contributed by atoms with Crippen molar-refractivity contribution >= 4 is 11.9 Å². The number of rotatable bonds is 4. The van der Waals surface area contributed by atoms with E-state index in [2.05, 4.69) is 0 Å². The summed E-state index contributed by atoms with van der Waals surface area (Å²) in [6.07, 6.45) is -0.417. The van der Waals surface area contributed by atoms with Crippen LogP contribution >= 0.6 is 0 Å². The third kappa shape index (κ3) is 33.6. The van der Waals surface area contributed by atoms with E-state index >= 15 is 0 Å². The van der Waals surface area contributed by atoms with Gasteiger partial charge >= 0.3 is 35.5 Å². The summed E-state index contributed by atoms with van der Waals surface area (Å²) < 4.78 is 0. The van der Waals surface area contributed by atoms with E-state index in [0.717, 1.165) is 0 Å². The molecular weight excluding hydrogens is 191 g/mol. The van der Waals surface area contributed by atoms with Crippen molar-refractivity contribution in [2.24, 2.45) is 0 Å². The van der Waals surface area contributed by atoms with Gasteiger partial charge in [-0.15, -0.1) is 0 Å². The van der Waals surface area contributed by atoms with Gasteiger partial charge in [-0.05, 0) is 0 Å². The molecule has 0 radical (unpaired) electrons. The molecule has 0 saturated carbocycles. The first-order valence-electron chi connectivity index (χ1n) is 3.18. The Morgan fingerprint density at radius 2 is 1.46 bits per heavy atom. The van der Waals surface area contributed by atoms with E-state index in [-0.39, 0.29) is 55.6 Å². The van der Waals surface area contributed by atoms with Gasteiger partial charge in [0.2, 0.25) is 0 Å². The molecule has 0 aliphatic rings. The summed E-state index contributed by atoms with van der Waals surface area (Å²) in [5, 5.41) is 32.8. The number of hydrogen-bond donors (Lipinski definition) is 3. The molecule has 0 fully saturated rings. The third-order valence-corrected chi connectivity index (χ3v) is 0.642. The zero-order chi connectivity index (χ0) is 9.98. The van der Waals surface area contributed by atoms with Gasteiger partial charge in [0.25, 0.3) is 0 Å². The van der Waals surface area contributed by atoms with Crippen molar-refractivity contribution < 1.29 is 59.6 Å². The molecule has 0 aliphatic heterocycles. The fraction of sp³-hybridized carbons (Fsp3) is 0.667. The van der Waals surface area contributed by atoms with E-state index < -0.39 is 11.9 Å². The van der Waals surface area contributed by atoms with Crippen LogP contribution in [0.1, 0.15) is 12.8 Å². The molecule has 72 valence electrons. The average Bonchev–Trinajstić information content (AvgIpc) is 1.87. The van der Waals surface area contributed by atoms with Gasteiger partial charge in [-0.1, -0.05) is 0 Å². The number of carbonyl (C=O) groups excluding carboxylic acids is 1. The summed E-state index contributed by atoms with van der Waals surface area (Å²) in [6.45, 7) is -0.600. The molecule has 0 rings (SSSR count). The molecule has 0 heterocycles. The van der Waals surface area contributed by atoms with Crippen molar-refractivity contribution in [3.63, 3.8) is 0 Å². The zero-order valence-electron chi connectivity index (χ0n) is 7.39. The Hall–Kier alpha value is -0.140. The van der Waals surface area contributed by atoms with Crippen LogP contribution in [-0.2, 0) is 9.59 Å². The van der Waals surface area contributed by atoms with E-state index in [0.29, 0.717) is 0 Å². The predicted molar refractivity (Wildman–Crippen MR) is 36.0 cm³/mol. The first-order chi connectivity index (χ1) is 5.54. The van der Waals surface area contributed by atoms with Crippen LogP contribution in [-0.4, -0.2) is 40.5 Å². The summed E-state index contributed by atoms with van der Waals surface area (Å²) in [6, 6.07) is 0. The molecule has 0 aromatic heterocycles. The summed E-state index contributed by atoms with van der Waals surface area (Å²) in [5.41, 5.74) is 0. The molecule has 13 heavy (non-hydrogen) atoms. The Morgan fingerprint density at radius 1 is 1.08 bits per heavy atom. The van der Waals surface area contributed by atoms with Crippen LogP contribution in [0.2, 0.25) is 0 Å². The van der Waals surface area contributed by atoms with Crippen LogP contribution in [0.15, 0.2) is 0 Å². The van der Waals surface area contributed by atoms with E-state index in [1.165, 1.54) is 0 Å². The summed E-state index contributed by atoms with van der Waals surface area (Å²) in [4.78, 5) is 18.8. The number of hydrogen-bond acceptors (Lipinski definition) is 5. The molecule has 3 N–H and O–H groups in total. The monoisotopic (exact) mass is 202 g/mol. The first kappa shape index (κ1) is 18.6. The molecule has 6 nitrogen and oxygen atoms in total. The van der Waals surface area contributed by atoms with Crippen molar-refractivity contribution in [2.75, 3.05) is 13.2 Å². The normalized spacial score (nSPS) is 7.54. The van der Waals surface area contributed by atoms with Crippen molar-refractivity contribution in [3.8, 4) is 0 Å². The van der Waals surface area contributed by atoms with E-state index in [4.69, 9.17) is 15.3 Å². The van der Waals surface area contributed by atoms with Gasteiger partial charge in [-0.3, -0.25) is 4.79 Å². The molecule has 0 aromatic rings. The van der Waals surface area contributed by atoms with Gasteiger partial charge in [0, 0.05) is 19.0 Å². The zero-order valence-corrected chi connectivity index (χ0v) is 9.39. The molecule has 0 spiro atoms. The van der Waals surface area contributed by atoms with Crippen LogP contribution in [0.25, 0.3) is 0 Å². The number of carboxylic acid groups (broad SMARTS) is 2. The number of aliphatic hydroxyl groups is 2. The van der Waals surface area contributed by atoms with Crippen LogP contribution in [0.3, 0.4) is 0 Å². The fourth-order valence-electron chi connectivity index (χ4n) is 0.187. The Bertz CT molecular complexity index is 121. The molecule has 0 aliphatic carbocycles. The minimum atomic E-state index is -1.21. The molecule has 0 aromatic carbocycles. The second kappa shape index (κ2) is 14.4. The van der Waals surface area contributed by atoms with Crippen LogP contribution in [0, 0.1) is 0 Å². The van der Waals surface area contributed by atoms with Crippen molar-refractivity contribution in [1.82, 2.24) is 0 Å². The molecule has 0 bridgehead atoms. The van der Waals surface area contributed by atoms with Crippen molar-refractivity contribution in [2.45, 2.75) is 12.8 Å². The van der Waals surface area contributed by atoms with Crippen LogP contribution in [0.5, 0.6) is 0 Å². The maximum Gasteiger partial charge on any atom is 1.00 e. The van der Waals surface area contributed by atoms with Gasteiger partial charge in [0.15, 0.2) is 0 Å². The largest absolute Gasteiger partial charge is 1.00 e. The molecule has 0 amide bonds. The van der Waals surface area contributed by atoms with Gasteiger partial charge in [-0.2, -0.15) is 0 Å². The maximum absolute atomic E-state index is 9.44. The quantitative estimate of drug-likeness (QED) is 0.391. The molecule has 0 unspecified atom stereocenters. The van der Waals surface area contributed by atoms with E-state index in [9.17, 15) is 14.7 Å². The minimum absolute atomic E-state index is 0. The van der Waals surface area contributed by atoms with E-state index in [1.54, 1.807) is 0 Å². The first-order valence-corrected chi connectivity index (χ1v) is 3.18. The second-order valence-electron chi connectivity index (χ2n) is 1.71. The minimum Gasteiger partial charge on any atom is -0.550 e. The van der Waals surface area contributed by atoms with E-state index in [1.807, 2.05) is 0 Å². The smallest absolute Gasteiger partial charge is 0.550 e. The van der Waals surface area contributed by atoms with Crippen LogP contribution < -0.4 is 34.7 Å². The number of carbonyl (C=O) groups is 2. The molecule has 0 atom stereocenters. The van der Waals surface area contributed by atoms with Crippen molar-refractivity contribution in [3.05, 3.63) is 0 Å². The van der Waals surface area contributed by atoms with Crippen LogP contribution in [0.4, 0.5) is 0 Å². The SMILES string of the molecule is O=C(O)CCO.O=C([O-])CCO.[Na+]. The number of carboxylic acids is 2. The number of aliphatic hydroxyl groups excluding tert-OH is 2. The van der Waals surface area contributed by atoms with Crippen molar-refractivity contribution in [1.29, 1.82) is 0 Å². The van der Waals surface area contributed by atoms with Gasteiger partial charge in [-0.25, -0.2) is 0 Å². The third-order valence-electron chi connectivity index (χ3n) is 0.642. The standard InChI is InChI=1S/2C3H6O3.Na/c2*4-2-1-3(5)6;/h2*4H,1-2H2,(H,5,6);/q;;+1/p-1. The second-order valence-corrected chi connectivity index (χ2v) is 1.71. The van der Waals surface area contributed by atoms with Gasteiger partial charge in [0.1, 0.15) is 0 Å². The average molecular weight is 202 g/mol. The summed E-state index contributed by atoms with van der Waals surface area (Å²) >= 11 is 0. The fourth-order valence-corrected chi connectivity index (χ4v) is 0.187. The topological polar surface area (TPSA) is 118 Å². The molecular formula is C6H11NaO6. The predicted octanol–water partition coefficient (Wildman–Crippen LogP) is -5.42. The summed E-state index contributed by atoms with van der Waals surface area (Å²) in [5.74, 6) is -2.17. The Balaban J connectivity index is -0.000000143. The Morgan fingerprint density at radius 3 is 1.46 bits per heavy atom. The Labute approximate surface area is 97.5 Å². The van der Waals surface area contributed by atoms with Gasteiger partial charge < -0.3 is 25.2 Å².